The minimum Gasteiger partial charge on any atom is -0.492 e. The summed E-state index contributed by atoms with van der Waals surface area (Å²) in [5.74, 6) is 0.203. The molecule has 0 unspecified atom stereocenters. The number of benzene rings is 3. The molecule has 40 heavy (non-hydrogen) atoms. The minimum absolute atomic E-state index is 0.0737. The largest absolute Gasteiger partial charge is 0.492 e. The van der Waals surface area contributed by atoms with Crippen LogP contribution in [-0.2, 0) is 27.3 Å². The first-order chi connectivity index (χ1) is 19.5. The summed E-state index contributed by atoms with van der Waals surface area (Å²) in [6.07, 6.45) is 2.20. The van der Waals surface area contributed by atoms with Crippen LogP contribution < -0.4 is 20.7 Å². The van der Waals surface area contributed by atoms with Crippen LogP contribution in [0.15, 0.2) is 103 Å². The molecule has 1 aromatic heterocycles. The Kier molecular flexibility index (Phi) is 10.4. The minimum atomic E-state index is -0.202. The maximum absolute atomic E-state index is 12.2. The highest BCUT2D eigenvalue weighted by Crippen LogP contribution is 2.22. The summed E-state index contributed by atoms with van der Waals surface area (Å²) in [6, 6.07) is 30.3. The highest BCUT2D eigenvalue weighted by atomic mass is 16.5. The number of hydrogen-bond acceptors (Lipinski definition) is 5. The molecule has 8 heteroatoms. The summed E-state index contributed by atoms with van der Waals surface area (Å²) < 4.78 is 5.72. The Morgan fingerprint density at radius 2 is 1.35 bits per heavy atom. The zero-order valence-corrected chi connectivity index (χ0v) is 22.1. The molecule has 3 amide bonds. The topological polar surface area (TPSA) is 109 Å². The van der Waals surface area contributed by atoms with Crippen LogP contribution in [0.2, 0.25) is 0 Å². The van der Waals surface area contributed by atoms with E-state index in [4.69, 9.17) is 4.74 Å². The van der Waals surface area contributed by atoms with Crippen molar-refractivity contribution in [3.63, 3.8) is 0 Å². The lowest BCUT2D eigenvalue weighted by molar-refractivity contribution is -0.124. The van der Waals surface area contributed by atoms with Crippen LogP contribution in [0.4, 0.5) is 5.69 Å². The van der Waals surface area contributed by atoms with Crippen molar-refractivity contribution in [3.8, 4) is 16.9 Å². The van der Waals surface area contributed by atoms with Gasteiger partial charge in [-0.2, -0.15) is 0 Å². The lowest BCUT2D eigenvalue weighted by atomic mass is 10.1. The number of anilines is 1. The fourth-order valence-electron chi connectivity index (χ4n) is 3.89. The summed E-state index contributed by atoms with van der Waals surface area (Å²) in [5.41, 5.74) is 4.37. The first-order valence-corrected chi connectivity index (χ1v) is 13.2. The third kappa shape index (κ3) is 9.40. The molecule has 1 heterocycles. The monoisotopic (exact) mass is 536 g/mol. The number of para-hydroxylation sites is 1. The standard InChI is InChI=1S/C32H32N4O4/c37-30(17-18-31(38)36-27-9-5-2-6-10-27)33-19-20-40-29-15-12-25(13-16-29)26-11-14-28(34-23-26)21-32(39)35-22-24-7-3-1-4-8-24/h1-16,23H,17-22H2,(H,33,37)(H,35,39)(H,36,38). The van der Waals surface area contributed by atoms with Crippen LogP contribution in [0.3, 0.4) is 0 Å². The average molecular weight is 537 g/mol. The Labute approximate surface area is 233 Å². The third-order valence-electron chi connectivity index (χ3n) is 6.02. The van der Waals surface area contributed by atoms with Crippen LogP contribution in [0.25, 0.3) is 11.1 Å². The van der Waals surface area contributed by atoms with E-state index < -0.39 is 0 Å². The number of aromatic nitrogens is 1. The molecular formula is C32H32N4O4. The fraction of sp³-hybridized carbons (Fsp3) is 0.188. The van der Waals surface area contributed by atoms with Gasteiger partial charge in [0.1, 0.15) is 12.4 Å². The summed E-state index contributed by atoms with van der Waals surface area (Å²) in [6.45, 7) is 1.14. The van der Waals surface area contributed by atoms with Gasteiger partial charge in [0.05, 0.1) is 13.0 Å². The van der Waals surface area contributed by atoms with Gasteiger partial charge in [-0.1, -0.05) is 66.7 Å². The number of carbonyl (C=O) groups is 3. The molecule has 0 aliphatic carbocycles. The van der Waals surface area contributed by atoms with E-state index in [9.17, 15) is 14.4 Å². The quantitative estimate of drug-likeness (QED) is 0.218. The van der Waals surface area contributed by atoms with Gasteiger partial charge in [0.2, 0.25) is 17.7 Å². The molecule has 0 bridgehead atoms. The van der Waals surface area contributed by atoms with E-state index in [1.54, 1.807) is 18.3 Å². The van der Waals surface area contributed by atoms with Crippen molar-refractivity contribution >= 4 is 23.4 Å². The lowest BCUT2D eigenvalue weighted by Gasteiger charge is -2.09. The van der Waals surface area contributed by atoms with Crippen molar-refractivity contribution in [1.82, 2.24) is 15.6 Å². The number of nitrogens with one attached hydrogen (secondary N) is 3. The summed E-state index contributed by atoms with van der Waals surface area (Å²) >= 11 is 0. The average Bonchev–Trinajstić information content (AvgIpc) is 2.99. The Bertz CT molecular complexity index is 1380. The van der Waals surface area contributed by atoms with Crippen LogP contribution >= 0.6 is 0 Å². The highest BCUT2D eigenvalue weighted by molar-refractivity contribution is 5.93. The fourth-order valence-corrected chi connectivity index (χ4v) is 3.89. The maximum atomic E-state index is 12.2. The zero-order valence-electron chi connectivity index (χ0n) is 22.1. The second kappa shape index (κ2) is 14.8. The van der Waals surface area contributed by atoms with Crippen molar-refractivity contribution in [1.29, 1.82) is 0 Å². The van der Waals surface area contributed by atoms with E-state index in [1.807, 2.05) is 84.9 Å². The normalized spacial score (nSPS) is 10.4. The second-order valence-corrected chi connectivity index (χ2v) is 9.11. The Balaban J connectivity index is 1.13. The molecule has 0 radical (unpaired) electrons. The molecule has 8 nitrogen and oxygen atoms in total. The van der Waals surface area contributed by atoms with Gasteiger partial charge < -0.3 is 20.7 Å². The first kappa shape index (κ1) is 28.0. The molecule has 0 saturated carbocycles. The molecule has 204 valence electrons. The van der Waals surface area contributed by atoms with E-state index in [0.717, 1.165) is 16.7 Å². The number of nitrogens with zero attached hydrogens (tertiary/aromatic N) is 1. The highest BCUT2D eigenvalue weighted by Gasteiger charge is 2.08. The van der Waals surface area contributed by atoms with Gasteiger partial charge in [0, 0.05) is 42.5 Å². The Morgan fingerprint density at radius 3 is 2.05 bits per heavy atom. The van der Waals surface area contributed by atoms with E-state index in [0.29, 0.717) is 36.8 Å². The molecular weight excluding hydrogens is 504 g/mol. The molecule has 0 saturated heterocycles. The zero-order chi connectivity index (χ0) is 28.0. The second-order valence-electron chi connectivity index (χ2n) is 9.11. The number of pyridine rings is 1. The van der Waals surface area contributed by atoms with Crippen LogP contribution in [0.1, 0.15) is 24.1 Å². The molecule has 3 N–H and O–H groups in total. The lowest BCUT2D eigenvalue weighted by Crippen LogP contribution is -2.28. The van der Waals surface area contributed by atoms with E-state index in [1.165, 1.54) is 0 Å². The summed E-state index contributed by atoms with van der Waals surface area (Å²) in [7, 11) is 0. The van der Waals surface area contributed by atoms with Gasteiger partial charge in [-0.3, -0.25) is 19.4 Å². The third-order valence-corrected chi connectivity index (χ3v) is 6.02. The van der Waals surface area contributed by atoms with Gasteiger partial charge in [0.15, 0.2) is 0 Å². The summed E-state index contributed by atoms with van der Waals surface area (Å²) in [5, 5.41) is 8.44. The van der Waals surface area contributed by atoms with Crippen molar-refractivity contribution in [2.45, 2.75) is 25.8 Å². The molecule has 3 aromatic carbocycles. The number of amides is 3. The number of hydrogen-bond donors (Lipinski definition) is 3. The predicted octanol–water partition coefficient (Wildman–Crippen LogP) is 4.52. The van der Waals surface area contributed by atoms with Crippen molar-refractivity contribution in [2.24, 2.45) is 0 Å². The van der Waals surface area contributed by atoms with E-state index in [-0.39, 0.29) is 37.0 Å². The smallest absolute Gasteiger partial charge is 0.226 e. The first-order valence-electron chi connectivity index (χ1n) is 13.2. The number of ether oxygens (including phenoxy) is 1. The molecule has 4 aromatic rings. The Morgan fingerprint density at radius 1 is 0.675 bits per heavy atom. The molecule has 0 fully saturated rings. The van der Waals surface area contributed by atoms with Crippen molar-refractivity contribution < 1.29 is 19.1 Å². The van der Waals surface area contributed by atoms with Crippen molar-refractivity contribution in [3.05, 3.63) is 115 Å². The SMILES string of the molecule is O=C(CCC(=O)Nc1ccccc1)NCCOc1ccc(-c2ccc(CC(=O)NCc3ccccc3)nc2)cc1. The molecule has 4 rings (SSSR count). The predicted molar refractivity (Wildman–Crippen MR) is 154 cm³/mol. The Hall–Kier alpha value is -4.98. The van der Waals surface area contributed by atoms with Crippen LogP contribution in [0, 0.1) is 0 Å². The van der Waals surface area contributed by atoms with Crippen LogP contribution in [-0.4, -0.2) is 35.9 Å². The number of carbonyl (C=O) groups excluding carboxylic acids is 3. The summed E-state index contributed by atoms with van der Waals surface area (Å²) in [4.78, 5) is 40.6. The molecule has 0 atom stereocenters. The van der Waals surface area contributed by atoms with Crippen LogP contribution in [0.5, 0.6) is 5.75 Å². The van der Waals surface area contributed by atoms with Gasteiger partial charge in [0.25, 0.3) is 0 Å². The van der Waals surface area contributed by atoms with Gasteiger partial charge in [-0.05, 0) is 41.5 Å². The number of rotatable bonds is 13. The van der Waals surface area contributed by atoms with E-state index in [2.05, 4.69) is 20.9 Å². The van der Waals surface area contributed by atoms with Gasteiger partial charge in [-0.25, -0.2) is 0 Å². The molecule has 0 aliphatic heterocycles. The molecule has 0 aliphatic rings. The van der Waals surface area contributed by atoms with Gasteiger partial charge >= 0.3 is 0 Å². The molecule has 0 spiro atoms. The van der Waals surface area contributed by atoms with E-state index >= 15 is 0 Å². The van der Waals surface area contributed by atoms with Gasteiger partial charge in [-0.15, -0.1) is 0 Å². The maximum Gasteiger partial charge on any atom is 0.226 e. The van der Waals surface area contributed by atoms with Crippen molar-refractivity contribution in [2.75, 3.05) is 18.5 Å².